The van der Waals surface area contributed by atoms with Gasteiger partial charge in [0.1, 0.15) is 0 Å². The van der Waals surface area contributed by atoms with E-state index < -0.39 is 5.60 Å². The number of hydrogen-bond donors (Lipinski definition) is 1. The monoisotopic (exact) mass is 341 g/mol. The maximum atomic E-state index is 12.5. The molecule has 1 atom stereocenters. The molecule has 2 aliphatic carbocycles. The molecule has 1 N–H and O–H groups in total. The van der Waals surface area contributed by atoms with Crippen molar-refractivity contribution in [1.82, 2.24) is 4.90 Å². The highest BCUT2D eigenvalue weighted by Gasteiger charge is 2.53. The van der Waals surface area contributed by atoms with E-state index in [-0.39, 0.29) is 11.8 Å². The molecule has 0 radical (unpaired) electrons. The van der Waals surface area contributed by atoms with Crippen LogP contribution in [0.2, 0.25) is 0 Å². The summed E-state index contributed by atoms with van der Waals surface area (Å²) in [5.41, 5.74) is 2.67. The molecule has 1 aliphatic heterocycles. The zero-order chi connectivity index (χ0) is 17.8. The van der Waals surface area contributed by atoms with Gasteiger partial charge >= 0.3 is 0 Å². The number of hydrogen-bond acceptors (Lipinski definition) is 2. The molecule has 3 nitrogen and oxygen atoms in total. The second kappa shape index (κ2) is 5.84. The van der Waals surface area contributed by atoms with Crippen LogP contribution in [0.3, 0.4) is 0 Å². The molecule has 0 bridgehead atoms. The summed E-state index contributed by atoms with van der Waals surface area (Å²) in [5.74, 6) is 1.57. The molecular weight excluding hydrogens is 310 g/mol. The van der Waals surface area contributed by atoms with E-state index >= 15 is 0 Å². The molecule has 2 saturated carbocycles. The SMILES string of the molecule is CC(C)c1cccc(C2CCC3(C2)CN(C(=O)C2CC(C)(O)C2)C3)c1. The Morgan fingerprint density at radius 1 is 1.24 bits per heavy atom. The Hall–Kier alpha value is -1.35. The third kappa shape index (κ3) is 3.12. The Morgan fingerprint density at radius 2 is 1.96 bits per heavy atom. The third-order valence-corrected chi connectivity index (χ3v) is 6.84. The zero-order valence-corrected chi connectivity index (χ0v) is 15.8. The fraction of sp³-hybridized carbons (Fsp3) is 0.682. The minimum Gasteiger partial charge on any atom is -0.390 e. The van der Waals surface area contributed by atoms with Crippen molar-refractivity contribution in [3.63, 3.8) is 0 Å². The molecular formula is C22H31NO2. The van der Waals surface area contributed by atoms with Crippen LogP contribution in [0, 0.1) is 11.3 Å². The fourth-order valence-electron chi connectivity index (χ4n) is 5.30. The van der Waals surface area contributed by atoms with Gasteiger partial charge in [-0.3, -0.25) is 4.79 Å². The van der Waals surface area contributed by atoms with Gasteiger partial charge in [-0.25, -0.2) is 0 Å². The summed E-state index contributed by atoms with van der Waals surface area (Å²) >= 11 is 0. The van der Waals surface area contributed by atoms with Crippen LogP contribution in [0.5, 0.6) is 0 Å². The van der Waals surface area contributed by atoms with Crippen LogP contribution < -0.4 is 0 Å². The third-order valence-electron chi connectivity index (χ3n) is 6.84. The molecule has 1 amide bonds. The number of rotatable bonds is 3. The van der Waals surface area contributed by atoms with Crippen molar-refractivity contribution in [1.29, 1.82) is 0 Å². The van der Waals surface area contributed by atoms with Gasteiger partial charge < -0.3 is 10.0 Å². The molecule has 136 valence electrons. The smallest absolute Gasteiger partial charge is 0.225 e. The van der Waals surface area contributed by atoms with Gasteiger partial charge in [-0.05, 0) is 62.0 Å². The molecule has 1 aromatic carbocycles. The number of aliphatic hydroxyl groups is 1. The first-order valence-corrected chi connectivity index (χ1v) is 9.88. The lowest BCUT2D eigenvalue weighted by molar-refractivity contribution is -0.161. The van der Waals surface area contributed by atoms with Crippen LogP contribution in [0.25, 0.3) is 0 Å². The van der Waals surface area contributed by atoms with E-state index in [1.807, 2.05) is 11.8 Å². The lowest BCUT2D eigenvalue weighted by Gasteiger charge is -2.52. The maximum Gasteiger partial charge on any atom is 0.225 e. The molecule has 3 heteroatoms. The highest BCUT2D eigenvalue weighted by molar-refractivity contribution is 5.81. The van der Waals surface area contributed by atoms with Gasteiger partial charge in [-0.1, -0.05) is 38.1 Å². The van der Waals surface area contributed by atoms with Crippen molar-refractivity contribution in [2.45, 2.75) is 70.3 Å². The van der Waals surface area contributed by atoms with Crippen LogP contribution in [0.15, 0.2) is 24.3 Å². The summed E-state index contributed by atoms with van der Waals surface area (Å²) in [6.45, 7) is 8.21. The number of carbonyl (C=O) groups excluding carboxylic acids is 1. The Bertz CT molecular complexity index is 664. The molecule has 0 aromatic heterocycles. The summed E-state index contributed by atoms with van der Waals surface area (Å²) in [5, 5.41) is 9.86. The van der Waals surface area contributed by atoms with E-state index in [9.17, 15) is 9.90 Å². The zero-order valence-electron chi connectivity index (χ0n) is 15.8. The van der Waals surface area contributed by atoms with Gasteiger partial charge in [0.25, 0.3) is 0 Å². The maximum absolute atomic E-state index is 12.5. The van der Waals surface area contributed by atoms with Crippen molar-refractivity contribution in [3.05, 3.63) is 35.4 Å². The summed E-state index contributed by atoms with van der Waals surface area (Å²) in [4.78, 5) is 14.6. The van der Waals surface area contributed by atoms with Crippen LogP contribution in [-0.4, -0.2) is 34.6 Å². The Kier molecular flexibility index (Phi) is 3.99. The summed E-state index contributed by atoms with van der Waals surface area (Å²) in [6, 6.07) is 9.12. The van der Waals surface area contributed by atoms with E-state index in [1.54, 1.807) is 0 Å². The molecule has 1 saturated heterocycles. The van der Waals surface area contributed by atoms with Gasteiger partial charge in [-0.2, -0.15) is 0 Å². The molecule has 1 spiro atoms. The first kappa shape index (κ1) is 17.1. The normalized spacial score (nSPS) is 33.4. The van der Waals surface area contributed by atoms with Crippen LogP contribution in [0.4, 0.5) is 0 Å². The number of amides is 1. The summed E-state index contributed by atoms with van der Waals surface area (Å²) < 4.78 is 0. The lowest BCUT2D eigenvalue weighted by Crippen LogP contribution is -2.61. The van der Waals surface area contributed by atoms with Gasteiger partial charge in [0.05, 0.1) is 5.60 Å². The van der Waals surface area contributed by atoms with E-state index in [2.05, 4.69) is 38.1 Å². The van der Waals surface area contributed by atoms with Crippen molar-refractivity contribution < 1.29 is 9.90 Å². The van der Waals surface area contributed by atoms with Crippen molar-refractivity contribution in [2.24, 2.45) is 11.3 Å². The van der Waals surface area contributed by atoms with Gasteiger partial charge in [0, 0.05) is 24.4 Å². The largest absolute Gasteiger partial charge is 0.390 e. The topological polar surface area (TPSA) is 40.5 Å². The highest BCUT2D eigenvalue weighted by atomic mass is 16.3. The molecule has 1 heterocycles. The highest BCUT2D eigenvalue weighted by Crippen LogP contribution is 2.53. The average Bonchev–Trinajstić information content (AvgIpc) is 2.96. The Labute approximate surface area is 151 Å². The van der Waals surface area contributed by atoms with Crippen molar-refractivity contribution in [2.75, 3.05) is 13.1 Å². The quantitative estimate of drug-likeness (QED) is 0.900. The number of nitrogens with zero attached hydrogens (tertiary/aromatic N) is 1. The van der Waals surface area contributed by atoms with E-state index in [0.29, 0.717) is 30.1 Å². The Balaban J connectivity index is 1.35. The van der Waals surface area contributed by atoms with Gasteiger partial charge in [-0.15, -0.1) is 0 Å². The predicted octanol–water partition coefficient (Wildman–Crippen LogP) is 4.07. The molecule has 3 fully saturated rings. The van der Waals surface area contributed by atoms with E-state index in [4.69, 9.17) is 0 Å². The second-order valence-corrected chi connectivity index (χ2v) is 9.56. The standard InChI is InChI=1S/C22H31NO2/c1-15(2)16-5-4-6-17(9-16)18-7-8-22(12-18)13-23(14-22)20(24)19-10-21(3,25)11-19/h4-6,9,15,18-19,25H,7-8,10-14H2,1-3H3. The molecule has 1 aromatic rings. The van der Waals surface area contributed by atoms with Crippen LogP contribution >= 0.6 is 0 Å². The minimum atomic E-state index is -0.608. The molecule has 1 unspecified atom stereocenters. The van der Waals surface area contributed by atoms with Crippen LogP contribution in [0.1, 0.15) is 75.8 Å². The number of benzene rings is 1. The minimum absolute atomic E-state index is 0.0623. The fourth-order valence-corrected chi connectivity index (χ4v) is 5.30. The first-order valence-electron chi connectivity index (χ1n) is 9.88. The van der Waals surface area contributed by atoms with E-state index in [1.165, 1.54) is 30.4 Å². The lowest BCUT2D eigenvalue weighted by atomic mass is 9.69. The average molecular weight is 341 g/mol. The number of carbonyl (C=O) groups is 1. The molecule has 25 heavy (non-hydrogen) atoms. The van der Waals surface area contributed by atoms with E-state index in [0.717, 1.165) is 13.1 Å². The Morgan fingerprint density at radius 3 is 2.60 bits per heavy atom. The van der Waals surface area contributed by atoms with Crippen molar-refractivity contribution in [3.8, 4) is 0 Å². The molecule has 3 aliphatic rings. The summed E-state index contributed by atoms with van der Waals surface area (Å²) in [7, 11) is 0. The van der Waals surface area contributed by atoms with Gasteiger partial charge in [0.2, 0.25) is 5.91 Å². The predicted molar refractivity (Wildman–Crippen MR) is 99.5 cm³/mol. The van der Waals surface area contributed by atoms with Gasteiger partial charge in [0.15, 0.2) is 0 Å². The second-order valence-electron chi connectivity index (χ2n) is 9.56. The van der Waals surface area contributed by atoms with Crippen LogP contribution in [-0.2, 0) is 4.79 Å². The summed E-state index contributed by atoms with van der Waals surface area (Å²) in [6.07, 6.45) is 5.00. The first-order chi connectivity index (χ1) is 11.8. The molecule has 4 rings (SSSR count). The van der Waals surface area contributed by atoms with Crippen molar-refractivity contribution >= 4 is 5.91 Å². The number of likely N-dealkylation sites (tertiary alicyclic amines) is 1.